The van der Waals surface area contributed by atoms with Gasteiger partial charge in [-0.05, 0) is 68.2 Å². The van der Waals surface area contributed by atoms with Gasteiger partial charge >= 0.3 is 0 Å². The fraction of sp³-hybridized carbons (Fsp3) is 0.389. The topological polar surface area (TPSA) is 34.6 Å². The molecule has 0 amide bonds. The highest BCUT2D eigenvalue weighted by atomic mass is 16.5. The van der Waals surface area contributed by atoms with Gasteiger partial charge in [0.25, 0.3) is 0 Å². The second-order valence-electron chi connectivity index (χ2n) is 6.06. The molecule has 4 heterocycles. The molecule has 1 aromatic carbocycles. The third-order valence-corrected chi connectivity index (χ3v) is 4.58. The normalized spacial score (nSPS) is 26.6. The molecule has 5 rings (SSSR count). The van der Waals surface area contributed by atoms with Crippen LogP contribution in [0.3, 0.4) is 0 Å². The van der Waals surface area contributed by atoms with Gasteiger partial charge in [0.2, 0.25) is 0 Å². The molecule has 2 aromatic rings. The van der Waals surface area contributed by atoms with Gasteiger partial charge in [0.15, 0.2) is 0 Å². The third kappa shape index (κ3) is 2.92. The van der Waals surface area contributed by atoms with Crippen molar-refractivity contribution in [1.82, 2.24) is 9.88 Å². The fourth-order valence-corrected chi connectivity index (χ4v) is 3.35. The van der Waals surface area contributed by atoms with Crippen LogP contribution >= 0.6 is 0 Å². The first-order chi connectivity index (χ1) is 10.9. The second-order valence-corrected chi connectivity index (χ2v) is 6.06. The summed E-state index contributed by atoms with van der Waals surface area (Å²) in [4.78, 5) is 6.55. The Morgan fingerprint density at radius 1 is 0.955 bits per heavy atom. The summed E-state index contributed by atoms with van der Waals surface area (Å²) in [6.45, 7) is 3.55. The zero-order valence-electron chi connectivity index (χ0n) is 12.5. The van der Waals surface area contributed by atoms with Crippen molar-refractivity contribution in [3.63, 3.8) is 0 Å². The van der Waals surface area contributed by atoms with Crippen LogP contribution in [0.4, 0.5) is 0 Å². The van der Waals surface area contributed by atoms with Crippen molar-refractivity contribution in [2.45, 2.75) is 18.9 Å². The van der Waals surface area contributed by atoms with E-state index in [1.165, 1.54) is 25.9 Å². The Bertz CT molecular complexity index is 607. The molecule has 1 atom stereocenters. The maximum Gasteiger partial charge on any atom is 0.145 e. The van der Waals surface area contributed by atoms with Gasteiger partial charge in [-0.3, -0.25) is 9.88 Å². The van der Waals surface area contributed by atoms with E-state index < -0.39 is 0 Å². The van der Waals surface area contributed by atoms with Crippen molar-refractivity contribution in [2.75, 3.05) is 19.6 Å². The lowest BCUT2D eigenvalue weighted by atomic mass is 9.86. The van der Waals surface area contributed by atoms with Crippen molar-refractivity contribution in [3.05, 3.63) is 48.8 Å². The largest absolute Gasteiger partial charge is 0.489 e. The van der Waals surface area contributed by atoms with Gasteiger partial charge in [-0.1, -0.05) is 0 Å². The van der Waals surface area contributed by atoms with Gasteiger partial charge in [-0.2, -0.15) is 0 Å². The number of aromatic nitrogens is 1. The maximum atomic E-state index is 6.18. The first-order valence-electron chi connectivity index (χ1n) is 7.94. The van der Waals surface area contributed by atoms with E-state index in [1.54, 1.807) is 12.4 Å². The van der Waals surface area contributed by atoms with Gasteiger partial charge in [-0.25, -0.2) is 0 Å². The van der Waals surface area contributed by atoms with Crippen molar-refractivity contribution in [2.24, 2.45) is 5.92 Å². The smallest absolute Gasteiger partial charge is 0.145 e. The standard InChI is InChI=1S/C18H20N2O2/c1-2-17(12-19-9-1)21-15-3-5-16(6-4-15)22-18-13-20-10-7-14(18)8-11-20/h1-6,9,12,14,18H,7-8,10-11,13H2. The SMILES string of the molecule is c1cncc(Oc2ccc(OC3CN4CCC3CC4)cc2)c1. The Hall–Kier alpha value is -2.07. The van der Waals surface area contributed by atoms with E-state index in [1.807, 2.05) is 36.4 Å². The van der Waals surface area contributed by atoms with Crippen LogP contribution in [0.1, 0.15) is 12.8 Å². The highest BCUT2D eigenvalue weighted by Gasteiger charge is 2.35. The first kappa shape index (κ1) is 13.6. The molecular weight excluding hydrogens is 276 g/mol. The molecule has 0 N–H and O–H groups in total. The molecule has 0 aliphatic carbocycles. The highest BCUT2D eigenvalue weighted by molar-refractivity contribution is 5.34. The van der Waals surface area contributed by atoms with Gasteiger partial charge in [0.05, 0.1) is 6.20 Å². The number of pyridine rings is 1. The number of nitrogens with zero attached hydrogens (tertiary/aromatic N) is 2. The van der Waals surface area contributed by atoms with Crippen LogP contribution in [0.2, 0.25) is 0 Å². The van der Waals surface area contributed by atoms with E-state index >= 15 is 0 Å². The molecule has 2 bridgehead atoms. The third-order valence-electron chi connectivity index (χ3n) is 4.58. The molecule has 4 nitrogen and oxygen atoms in total. The molecule has 0 radical (unpaired) electrons. The van der Waals surface area contributed by atoms with Crippen molar-refractivity contribution >= 4 is 0 Å². The molecule has 114 valence electrons. The van der Waals surface area contributed by atoms with Crippen molar-refractivity contribution in [1.29, 1.82) is 0 Å². The Balaban J connectivity index is 1.39. The summed E-state index contributed by atoms with van der Waals surface area (Å²) < 4.78 is 11.9. The number of piperidine rings is 3. The van der Waals surface area contributed by atoms with Crippen LogP contribution in [0, 0.1) is 5.92 Å². The average Bonchev–Trinajstić information content (AvgIpc) is 2.59. The van der Waals surface area contributed by atoms with Crippen LogP contribution in [0.25, 0.3) is 0 Å². The Morgan fingerprint density at radius 2 is 1.73 bits per heavy atom. The van der Waals surface area contributed by atoms with E-state index in [0.29, 0.717) is 6.10 Å². The molecular formula is C18H20N2O2. The lowest BCUT2D eigenvalue weighted by Gasteiger charge is -2.44. The lowest BCUT2D eigenvalue weighted by Crippen LogP contribution is -2.52. The molecule has 0 saturated carbocycles. The quantitative estimate of drug-likeness (QED) is 0.866. The van der Waals surface area contributed by atoms with Crippen LogP contribution in [-0.4, -0.2) is 35.6 Å². The number of ether oxygens (including phenoxy) is 2. The zero-order chi connectivity index (χ0) is 14.8. The Morgan fingerprint density at radius 3 is 2.36 bits per heavy atom. The summed E-state index contributed by atoms with van der Waals surface area (Å²) in [5, 5.41) is 0. The number of fused-ring (bicyclic) bond motifs is 3. The molecule has 3 aliphatic rings. The number of hydrogen-bond donors (Lipinski definition) is 0. The minimum absolute atomic E-state index is 0.340. The number of rotatable bonds is 4. The number of hydrogen-bond acceptors (Lipinski definition) is 4. The molecule has 4 heteroatoms. The Kier molecular flexibility index (Phi) is 3.69. The number of benzene rings is 1. The van der Waals surface area contributed by atoms with Crippen LogP contribution < -0.4 is 9.47 Å². The predicted molar refractivity (Wildman–Crippen MR) is 84.3 cm³/mol. The van der Waals surface area contributed by atoms with Crippen molar-refractivity contribution in [3.8, 4) is 17.2 Å². The predicted octanol–water partition coefficient (Wildman–Crippen LogP) is 3.35. The molecule has 22 heavy (non-hydrogen) atoms. The summed E-state index contributed by atoms with van der Waals surface area (Å²) in [7, 11) is 0. The van der Waals surface area contributed by atoms with Crippen LogP contribution in [-0.2, 0) is 0 Å². The van der Waals surface area contributed by atoms with Crippen LogP contribution in [0.5, 0.6) is 17.2 Å². The van der Waals surface area contributed by atoms with E-state index in [0.717, 1.165) is 29.7 Å². The molecule has 1 aromatic heterocycles. The summed E-state index contributed by atoms with van der Waals surface area (Å²) in [5.41, 5.74) is 0. The minimum Gasteiger partial charge on any atom is -0.489 e. The maximum absolute atomic E-state index is 6.18. The van der Waals surface area contributed by atoms with E-state index in [2.05, 4.69) is 9.88 Å². The average molecular weight is 296 g/mol. The summed E-state index contributed by atoms with van der Waals surface area (Å²) in [6, 6.07) is 11.6. The van der Waals surface area contributed by atoms with Gasteiger partial charge in [0, 0.05) is 12.7 Å². The highest BCUT2D eigenvalue weighted by Crippen LogP contribution is 2.31. The summed E-state index contributed by atoms with van der Waals surface area (Å²) >= 11 is 0. The van der Waals surface area contributed by atoms with E-state index in [9.17, 15) is 0 Å². The molecule has 3 fully saturated rings. The van der Waals surface area contributed by atoms with E-state index in [-0.39, 0.29) is 0 Å². The van der Waals surface area contributed by atoms with Gasteiger partial charge < -0.3 is 9.47 Å². The van der Waals surface area contributed by atoms with Gasteiger partial charge in [0.1, 0.15) is 23.4 Å². The second kappa shape index (κ2) is 5.97. The van der Waals surface area contributed by atoms with Crippen LogP contribution in [0.15, 0.2) is 48.8 Å². The fourth-order valence-electron chi connectivity index (χ4n) is 3.35. The van der Waals surface area contributed by atoms with E-state index in [4.69, 9.17) is 9.47 Å². The summed E-state index contributed by atoms with van der Waals surface area (Å²) in [6.07, 6.45) is 6.32. The molecule has 3 aliphatic heterocycles. The lowest BCUT2D eigenvalue weighted by molar-refractivity contribution is -0.00777. The molecule has 3 saturated heterocycles. The van der Waals surface area contributed by atoms with Crippen molar-refractivity contribution < 1.29 is 9.47 Å². The zero-order valence-corrected chi connectivity index (χ0v) is 12.5. The molecule has 1 unspecified atom stereocenters. The monoisotopic (exact) mass is 296 g/mol. The Labute approximate surface area is 130 Å². The first-order valence-corrected chi connectivity index (χ1v) is 7.94. The summed E-state index contributed by atoms with van der Waals surface area (Å²) in [5.74, 6) is 3.19. The van der Waals surface area contributed by atoms with Gasteiger partial charge in [-0.15, -0.1) is 0 Å². The minimum atomic E-state index is 0.340. The molecule has 0 spiro atoms.